The molecular weight excluding hydrogens is 314 g/mol. The van der Waals surface area contributed by atoms with Gasteiger partial charge < -0.3 is 9.32 Å². The molecule has 0 fully saturated rings. The number of hydrogen-bond donors (Lipinski definition) is 0. The molecular formula is C17H16ClN3O2. The highest BCUT2D eigenvalue weighted by atomic mass is 35.5. The zero-order valence-electron chi connectivity index (χ0n) is 12.8. The number of aromatic nitrogens is 2. The van der Waals surface area contributed by atoms with Crippen LogP contribution >= 0.6 is 11.6 Å². The van der Waals surface area contributed by atoms with Crippen LogP contribution in [0.3, 0.4) is 0 Å². The first-order valence-corrected chi connectivity index (χ1v) is 7.56. The van der Waals surface area contributed by atoms with Crippen LogP contribution in [0.4, 0.5) is 0 Å². The van der Waals surface area contributed by atoms with Gasteiger partial charge in [0, 0.05) is 19.3 Å². The first-order chi connectivity index (χ1) is 11.1. The van der Waals surface area contributed by atoms with Crippen molar-refractivity contribution in [2.75, 3.05) is 7.05 Å². The van der Waals surface area contributed by atoms with E-state index in [9.17, 15) is 4.79 Å². The smallest absolute Gasteiger partial charge is 0.246 e. The number of fused-ring (bicyclic) bond motifs is 1. The predicted molar refractivity (Wildman–Crippen MR) is 89.1 cm³/mol. The molecule has 0 aromatic carbocycles. The molecule has 5 nitrogen and oxygen atoms in total. The van der Waals surface area contributed by atoms with Crippen molar-refractivity contribution in [2.24, 2.45) is 0 Å². The SMILES string of the molecule is CC(c1ccco1)N(C)C(=O)/C=C/c1c(Cl)nc2ccccn12. The summed E-state index contributed by atoms with van der Waals surface area (Å²) in [6, 6.07) is 9.12. The van der Waals surface area contributed by atoms with E-state index < -0.39 is 0 Å². The number of hydrogen-bond acceptors (Lipinski definition) is 3. The number of pyridine rings is 1. The summed E-state index contributed by atoms with van der Waals surface area (Å²) in [6.45, 7) is 1.91. The van der Waals surface area contributed by atoms with Crippen molar-refractivity contribution in [2.45, 2.75) is 13.0 Å². The molecule has 0 radical (unpaired) electrons. The van der Waals surface area contributed by atoms with E-state index in [1.165, 1.54) is 6.08 Å². The second-order valence-electron chi connectivity index (χ2n) is 5.19. The van der Waals surface area contributed by atoms with Gasteiger partial charge in [-0.2, -0.15) is 0 Å². The quantitative estimate of drug-likeness (QED) is 0.684. The zero-order valence-corrected chi connectivity index (χ0v) is 13.6. The minimum atomic E-state index is -0.153. The molecule has 118 valence electrons. The van der Waals surface area contributed by atoms with Gasteiger partial charge in [-0.3, -0.25) is 9.20 Å². The maximum absolute atomic E-state index is 12.3. The van der Waals surface area contributed by atoms with Crippen LogP contribution in [0, 0.1) is 0 Å². The van der Waals surface area contributed by atoms with Gasteiger partial charge in [0.05, 0.1) is 18.0 Å². The molecule has 0 aliphatic heterocycles. The molecule has 1 atom stereocenters. The number of nitrogens with zero attached hydrogens (tertiary/aromatic N) is 3. The van der Waals surface area contributed by atoms with Crippen LogP contribution < -0.4 is 0 Å². The van der Waals surface area contributed by atoms with Gasteiger partial charge in [0.15, 0.2) is 5.15 Å². The van der Waals surface area contributed by atoms with E-state index in [1.807, 2.05) is 41.8 Å². The highest BCUT2D eigenvalue weighted by molar-refractivity contribution is 6.31. The number of carbonyl (C=O) groups excluding carboxylic acids is 1. The average Bonchev–Trinajstić information content (AvgIpc) is 3.18. The first kappa shape index (κ1) is 15.4. The Kier molecular flexibility index (Phi) is 4.21. The van der Waals surface area contributed by atoms with Crippen LogP contribution in [-0.4, -0.2) is 27.2 Å². The average molecular weight is 330 g/mol. The lowest BCUT2D eigenvalue weighted by molar-refractivity contribution is -0.126. The zero-order chi connectivity index (χ0) is 16.4. The third kappa shape index (κ3) is 3.00. The molecule has 23 heavy (non-hydrogen) atoms. The van der Waals surface area contributed by atoms with Crippen molar-refractivity contribution in [1.82, 2.24) is 14.3 Å². The molecule has 0 aliphatic carbocycles. The first-order valence-electron chi connectivity index (χ1n) is 7.19. The molecule has 0 N–H and O–H groups in total. The van der Waals surface area contributed by atoms with Crippen LogP contribution in [-0.2, 0) is 4.79 Å². The molecule has 1 unspecified atom stereocenters. The lowest BCUT2D eigenvalue weighted by Gasteiger charge is -2.21. The van der Waals surface area contributed by atoms with Crippen molar-refractivity contribution in [1.29, 1.82) is 0 Å². The Morgan fingerprint density at radius 3 is 2.96 bits per heavy atom. The molecule has 0 bridgehead atoms. The number of halogens is 1. The van der Waals surface area contributed by atoms with Crippen molar-refractivity contribution in [3.05, 3.63) is 65.5 Å². The van der Waals surface area contributed by atoms with Crippen LogP contribution in [0.25, 0.3) is 11.7 Å². The molecule has 3 aromatic rings. The lowest BCUT2D eigenvalue weighted by Crippen LogP contribution is -2.27. The number of rotatable bonds is 4. The molecule has 3 heterocycles. The minimum Gasteiger partial charge on any atom is -0.467 e. The van der Waals surface area contributed by atoms with Crippen LogP contribution in [0.2, 0.25) is 5.15 Å². The summed E-state index contributed by atoms with van der Waals surface area (Å²) >= 11 is 6.15. The highest BCUT2D eigenvalue weighted by Crippen LogP contribution is 2.21. The van der Waals surface area contributed by atoms with E-state index in [0.29, 0.717) is 10.8 Å². The highest BCUT2D eigenvalue weighted by Gasteiger charge is 2.17. The van der Waals surface area contributed by atoms with Crippen molar-refractivity contribution < 1.29 is 9.21 Å². The Balaban J connectivity index is 1.81. The summed E-state index contributed by atoms with van der Waals surface area (Å²) in [6.07, 6.45) is 6.61. The molecule has 0 aliphatic rings. The van der Waals surface area contributed by atoms with Gasteiger partial charge in [-0.25, -0.2) is 4.98 Å². The van der Waals surface area contributed by atoms with Gasteiger partial charge in [0.2, 0.25) is 5.91 Å². The fourth-order valence-electron chi connectivity index (χ4n) is 2.31. The summed E-state index contributed by atoms with van der Waals surface area (Å²) in [7, 11) is 1.73. The molecule has 6 heteroatoms. The van der Waals surface area contributed by atoms with Gasteiger partial charge in [-0.15, -0.1) is 0 Å². The Morgan fingerprint density at radius 1 is 1.39 bits per heavy atom. The lowest BCUT2D eigenvalue weighted by atomic mass is 10.2. The van der Waals surface area contributed by atoms with Gasteiger partial charge >= 0.3 is 0 Å². The molecule has 3 rings (SSSR count). The monoisotopic (exact) mass is 329 g/mol. The maximum atomic E-state index is 12.3. The van der Waals surface area contributed by atoms with Crippen LogP contribution in [0.5, 0.6) is 0 Å². The van der Waals surface area contributed by atoms with Crippen molar-refractivity contribution >= 4 is 29.2 Å². The third-order valence-electron chi connectivity index (χ3n) is 3.79. The molecule has 0 spiro atoms. The van der Waals surface area contributed by atoms with Gasteiger partial charge in [0.25, 0.3) is 0 Å². The molecule has 0 saturated heterocycles. The van der Waals surface area contributed by atoms with E-state index >= 15 is 0 Å². The summed E-state index contributed by atoms with van der Waals surface area (Å²) in [4.78, 5) is 18.2. The Hall–Kier alpha value is -2.53. The minimum absolute atomic E-state index is 0.143. The van der Waals surface area contributed by atoms with Crippen molar-refractivity contribution in [3.63, 3.8) is 0 Å². The number of imidazole rings is 1. The van der Waals surface area contributed by atoms with E-state index in [4.69, 9.17) is 16.0 Å². The fourth-order valence-corrected chi connectivity index (χ4v) is 2.55. The normalized spacial score (nSPS) is 12.8. The summed E-state index contributed by atoms with van der Waals surface area (Å²) in [5.74, 6) is 0.595. The van der Waals surface area contributed by atoms with Gasteiger partial charge in [-0.05, 0) is 37.3 Å². The number of amides is 1. The second kappa shape index (κ2) is 6.30. The maximum Gasteiger partial charge on any atom is 0.246 e. The largest absolute Gasteiger partial charge is 0.467 e. The van der Waals surface area contributed by atoms with Crippen molar-refractivity contribution in [3.8, 4) is 0 Å². The Labute approximate surface area is 138 Å². The number of likely N-dealkylation sites (N-methyl/N-ethyl adjacent to an activating group) is 1. The van der Waals surface area contributed by atoms with Crippen LogP contribution in [0.1, 0.15) is 24.4 Å². The molecule has 0 saturated carbocycles. The molecule has 1 amide bonds. The van der Waals surface area contributed by atoms with Gasteiger partial charge in [-0.1, -0.05) is 17.7 Å². The van der Waals surface area contributed by atoms with E-state index in [0.717, 1.165) is 11.4 Å². The van der Waals surface area contributed by atoms with E-state index in [2.05, 4.69) is 4.98 Å². The van der Waals surface area contributed by atoms with E-state index in [-0.39, 0.29) is 11.9 Å². The second-order valence-corrected chi connectivity index (χ2v) is 5.55. The Bertz CT molecular complexity index is 852. The topological polar surface area (TPSA) is 50.8 Å². The third-order valence-corrected chi connectivity index (χ3v) is 4.07. The number of furan rings is 1. The van der Waals surface area contributed by atoms with Gasteiger partial charge in [0.1, 0.15) is 11.4 Å². The summed E-state index contributed by atoms with van der Waals surface area (Å²) in [5, 5.41) is 0.363. The predicted octanol–water partition coefficient (Wildman–Crippen LogP) is 3.81. The standard InChI is InChI=1S/C17H16ClN3O2/c1-12(14-6-5-11-23-14)20(2)16(22)9-8-13-17(18)19-15-7-3-4-10-21(13)15/h3-12H,1-2H3/b9-8+. The fraction of sp³-hybridized carbons (Fsp3) is 0.176. The number of carbonyl (C=O) groups is 1. The Morgan fingerprint density at radius 2 is 2.22 bits per heavy atom. The van der Waals surface area contributed by atoms with Crippen LogP contribution in [0.15, 0.2) is 53.3 Å². The molecule has 3 aromatic heterocycles. The summed E-state index contributed by atoms with van der Waals surface area (Å²) in [5.41, 5.74) is 1.41. The summed E-state index contributed by atoms with van der Waals surface area (Å²) < 4.78 is 7.18. The van der Waals surface area contributed by atoms with E-state index in [1.54, 1.807) is 30.4 Å².